The Labute approximate surface area is 133 Å². The third-order valence-electron chi connectivity index (χ3n) is 3.46. The van der Waals surface area contributed by atoms with Crippen LogP contribution < -0.4 is 4.74 Å². The standard InChI is InChI=1S/C17H16N4O2/c1-23-16-9-12(7-8-15(16)22)11-18-20-17-10-14(19-21-17)13-5-3-2-4-6-13/h2-9,11,14,22H,10H2,1H3/b18-11+,20-17+/t14-/m1/s1. The van der Waals surface area contributed by atoms with Crippen LogP contribution in [0.3, 0.4) is 0 Å². The van der Waals surface area contributed by atoms with Crippen molar-refractivity contribution < 1.29 is 9.84 Å². The van der Waals surface area contributed by atoms with E-state index >= 15 is 0 Å². The molecule has 0 aromatic heterocycles. The summed E-state index contributed by atoms with van der Waals surface area (Å²) in [5.74, 6) is 1.08. The summed E-state index contributed by atoms with van der Waals surface area (Å²) in [6, 6.07) is 15.0. The Kier molecular flexibility index (Phi) is 4.42. The fourth-order valence-corrected chi connectivity index (χ4v) is 2.25. The number of azo groups is 1. The number of phenols is 1. The van der Waals surface area contributed by atoms with Crippen LogP contribution in [0.15, 0.2) is 69.0 Å². The first-order valence-corrected chi connectivity index (χ1v) is 7.19. The second kappa shape index (κ2) is 6.83. The molecule has 23 heavy (non-hydrogen) atoms. The SMILES string of the molecule is COc1cc(/C=N/N=C2\C[C@H](c3ccccc3)N=N2)ccc1O. The minimum Gasteiger partial charge on any atom is -0.504 e. The van der Waals surface area contributed by atoms with E-state index in [-0.39, 0.29) is 11.8 Å². The minimum atomic E-state index is 0.0129. The van der Waals surface area contributed by atoms with Gasteiger partial charge in [-0.1, -0.05) is 30.3 Å². The van der Waals surface area contributed by atoms with Gasteiger partial charge in [0.05, 0.1) is 13.3 Å². The van der Waals surface area contributed by atoms with Gasteiger partial charge in [0.15, 0.2) is 17.3 Å². The van der Waals surface area contributed by atoms with Crippen LogP contribution in [0.4, 0.5) is 0 Å². The average Bonchev–Trinajstić information content (AvgIpc) is 3.06. The van der Waals surface area contributed by atoms with E-state index in [1.807, 2.05) is 30.3 Å². The van der Waals surface area contributed by atoms with Crippen molar-refractivity contribution in [2.45, 2.75) is 12.5 Å². The van der Waals surface area contributed by atoms with Crippen LogP contribution in [0.1, 0.15) is 23.6 Å². The van der Waals surface area contributed by atoms with Crippen LogP contribution in [-0.2, 0) is 0 Å². The molecule has 6 heteroatoms. The smallest absolute Gasteiger partial charge is 0.175 e. The Balaban J connectivity index is 1.66. The van der Waals surface area contributed by atoms with E-state index in [0.717, 1.165) is 11.1 Å². The Morgan fingerprint density at radius 1 is 1.22 bits per heavy atom. The molecule has 3 rings (SSSR count). The van der Waals surface area contributed by atoms with Gasteiger partial charge in [0.25, 0.3) is 0 Å². The zero-order valence-electron chi connectivity index (χ0n) is 12.6. The zero-order valence-corrected chi connectivity index (χ0v) is 12.6. The number of benzene rings is 2. The molecule has 1 aliphatic heterocycles. The number of ether oxygens (including phenoxy) is 1. The molecule has 6 nitrogen and oxygen atoms in total. The van der Waals surface area contributed by atoms with Gasteiger partial charge in [-0.3, -0.25) is 0 Å². The summed E-state index contributed by atoms with van der Waals surface area (Å²) < 4.78 is 5.05. The van der Waals surface area contributed by atoms with Crippen molar-refractivity contribution in [3.05, 3.63) is 59.7 Å². The number of amidine groups is 1. The van der Waals surface area contributed by atoms with E-state index < -0.39 is 0 Å². The summed E-state index contributed by atoms with van der Waals surface area (Å²) in [4.78, 5) is 0. The zero-order chi connectivity index (χ0) is 16.1. The highest BCUT2D eigenvalue weighted by Gasteiger charge is 2.19. The van der Waals surface area contributed by atoms with Gasteiger partial charge in [-0.2, -0.15) is 10.2 Å². The van der Waals surface area contributed by atoms with Crippen molar-refractivity contribution in [1.82, 2.24) is 0 Å². The predicted molar refractivity (Wildman–Crippen MR) is 88.3 cm³/mol. The van der Waals surface area contributed by atoms with Crippen LogP contribution in [-0.4, -0.2) is 24.3 Å². The normalized spacial score (nSPS) is 18.8. The monoisotopic (exact) mass is 308 g/mol. The molecule has 1 atom stereocenters. The number of aromatic hydroxyl groups is 1. The highest BCUT2D eigenvalue weighted by Crippen LogP contribution is 2.27. The number of hydrogen-bond acceptors (Lipinski definition) is 5. The van der Waals surface area contributed by atoms with Crippen molar-refractivity contribution >= 4 is 12.1 Å². The molecule has 0 radical (unpaired) electrons. The fraction of sp³-hybridized carbons (Fsp3) is 0.176. The maximum absolute atomic E-state index is 9.55. The molecule has 2 aromatic rings. The molecule has 0 aliphatic carbocycles. The fourth-order valence-electron chi connectivity index (χ4n) is 2.25. The second-order valence-electron chi connectivity index (χ2n) is 5.04. The molecule has 116 valence electrons. The number of hydrogen-bond donors (Lipinski definition) is 1. The highest BCUT2D eigenvalue weighted by molar-refractivity contribution is 5.86. The van der Waals surface area contributed by atoms with Crippen molar-refractivity contribution in [2.75, 3.05) is 7.11 Å². The number of phenolic OH excluding ortho intramolecular Hbond substituents is 1. The molecule has 1 N–H and O–H groups in total. The molecule has 1 heterocycles. The van der Waals surface area contributed by atoms with Crippen molar-refractivity contribution in [3.8, 4) is 11.5 Å². The maximum atomic E-state index is 9.55. The third kappa shape index (κ3) is 3.60. The lowest BCUT2D eigenvalue weighted by Crippen LogP contribution is -1.95. The summed E-state index contributed by atoms with van der Waals surface area (Å²) in [6.07, 6.45) is 2.22. The molecular formula is C17H16N4O2. The molecular weight excluding hydrogens is 292 g/mol. The molecule has 2 aromatic carbocycles. The Morgan fingerprint density at radius 2 is 2.04 bits per heavy atom. The summed E-state index contributed by atoms with van der Waals surface area (Å²) in [5.41, 5.74) is 1.90. The van der Waals surface area contributed by atoms with E-state index in [4.69, 9.17) is 4.74 Å². The van der Waals surface area contributed by atoms with Crippen molar-refractivity contribution in [2.24, 2.45) is 20.4 Å². The molecule has 0 spiro atoms. The number of nitrogens with zero attached hydrogens (tertiary/aromatic N) is 4. The quantitative estimate of drug-likeness (QED) is 0.690. The van der Waals surface area contributed by atoms with Gasteiger partial charge in [-0.25, -0.2) is 0 Å². The van der Waals surface area contributed by atoms with Crippen molar-refractivity contribution in [1.29, 1.82) is 0 Å². The Hall–Kier alpha value is -3.02. The van der Waals surface area contributed by atoms with Crippen LogP contribution in [0.25, 0.3) is 0 Å². The van der Waals surface area contributed by atoms with E-state index in [1.165, 1.54) is 7.11 Å². The van der Waals surface area contributed by atoms with Crippen LogP contribution in [0.5, 0.6) is 11.5 Å². The van der Waals surface area contributed by atoms with Gasteiger partial charge in [-0.05, 0) is 29.3 Å². The second-order valence-corrected chi connectivity index (χ2v) is 5.04. The van der Waals surface area contributed by atoms with Gasteiger partial charge in [0, 0.05) is 6.42 Å². The first kappa shape index (κ1) is 14.9. The Morgan fingerprint density at radius 3 is 2.83 bits per heavy atom. The van der Waals surface area contributed by atoms with Crippen molar-refractivity contribution in [3.63, 3.8) is 0 Å². The molecule has 0 bridgehead atoms. The largest absolute Gasteiger partial charge is 0.504 e. The summed E-state index contributed by atoms with van der Waals surface area (Å²) >= 11 is 0. The summed E-state index contributed by atoms with van der Waals surface area (Å²) in [7, 11) is 1.50. The van der Waals surface area contributed by atoms with Gasteiger partial charge in [0.1, 0.15) is 6.04 Å². The van der Waals surface area contributed by atoms with Crippen LogP contribution in [0.2, 0.25) is 0 Å². The minimum absolute atomic E-state index is 0.0129. The van der Waals surface area contributed by atoms with E-state index in [0.29, 0.717) is 18.0 Å². The van der Waals surface area contributed by atoms with Gasteiger partial charge in [0.2, 0.25) is 0 Å². The maximum Gasteiger partial charge on any atom is 0.175 e. The van der Waals surface area contributed by atoms with Gasteiger partial charge in [-0.15, -0.1) is 10.2 Å². The van der Waals surface area contributed by atoms with Gasteiger partial charge >= 0.3 is 0 Å². The first-order chi connectivity index (χ1) is 11.3. The number of methoxy groups -OCH3 is 1. The highest BCUT2D eigenvalue weighted by atomic mass is 16.5. The van der Waals surface area contributed by atoms with E-state index in [9.17, 15) is 5.11 Å². The van der Waals surface area contributed by atoms with E-state index in [2.05, 4.69) is 20.4 Å². The molecule has 0 unspecified atom stereocenters. The lowest BCUT2D eigenvalue weighted by molar-refractivity contribution is 0.373. The Bertz CT molecular complexity index is 769. The molecule has 0 fully saturated rings. The molecule has 1 aliphatic rings. The number of rotatable bonds is 4. The molecule has 0 amide bonds. The van der Waals surface area contributed by atoms with Crippen LogP contribution >= 0.6 is 0 Å². The summed E-state index contributed by atoms with van der Waals surface area (Å²) in [5, 5.41) is 26.0. The van der Waals surface area contributed by atoms with Gasteiger partial charge < -0.3 is 9.84 Å². The van der Waals surface area contributed by atoms with E-state index in [1.54, 1.807) is 24.4 Å². The predicted octanol–water partition coefficient (Wildman–Crippen LogP) is 3.73. The molecule has 0 saturated heterocycles. The average molecular weight is 308 g/mol. The van der Waals surface area contributed by atoms with Crippen LogP contribution in [0, 0.1) is 0 Å². The lowest BCUT2D eigenvalue weighted by Gasteiger charge is -2.03. The third-order valence-corrected chi connectivity index (χ3v) is 3.46. The lowest BCUT2D eigenvalue weighted by atomic mass is 10.1. The first-order valence-electron chi connectivity index (χ1n) is 7.19. The molecule has 0 saturated carbocycles. The topological polar surface area (TPSA) is 78.9 Å². The summed E-state index contributed by atoms with van der Waals surface area (Å²) in [6.45, 7) is 0.